The molecule has 0 aromatic carbocycles. The van der Waals surface area contributed by atoms with E-state index in [1.807, 2.05) is 0 Å². The second-order valence-corrected chi connectivity index (χ2v) is 4.75. The van der Waals surface area contributed by atoms with Crippen molar-refractivity contribution in [2.24, 2.45) is 0 Å². The van der Waals surface area contributed by atoms with Crippen molar-refractivity contribution in [3.8, 4) is 0 Å². The van der Waals surface area contributed by atoms with Crippen LogP contribution in [0.4, 0.5) is 0 Å². The lowest BCUT2D eigenvalue weighted by atomic mass is 9.99. The Balaban J connectivity index is 1.98. The first kappa shape index (κ1) is 12.6. The van der Waals surface area contributed by atoms with Gasteiger partial charge in [-0.05, 0) is 25.8 Å². The number of aryl methyl sites for hydroxylation is 1. The van der Waals surface area contributed by atoms with Crippen molar-refractivity contribution < 1.29 is 14.7 Å². The molecule has 1 unspecified atom stereocenters. The summed E-state index contributed by atoms with van der Waals surface area (Å²) in [7, 11) is 0. The predicted octanol–water partition coefficient (Wildman–Crippen LogP) is 0.739. The Morgan fingerprint density at radius 2 is 2.28 bits per heavy atom. The fourth-order valence-electron chi connectivity index (χ4n) is 2.36. The molecule has 0 bridgehead atoms. The number of carbonyl (C=O) groups excluding carboxylic acids is 1. The summed E-state index contributed by atoms with van der Waals surface area (Å²) in [6, 6.07) is 1.79. The molecule has 98 valence electrons. The second kappa shape index (κ2) is 4.80. The first-order valence-corrected chi connectivity index (χ1v) is 6.05. The molecule has 1 saturated heterocycles. The van der Waals surface area contributed by atoms with Crippen LogP contribution < -0.4 is 0 Å². The number of carbonyl (C=O) groups is 2. The zero-order chi connectivity index (χ0) is 13.2. The minimum absolute atomic E-state index is 0.118. The van der Waals surface area contributed by atoms with Crippen LogP contribution in [0.2, 0.25) is 0 Å². The highest BCUT2D eigenvalue weighted by atomic mass is 16.4. The summed E-state index contributed by atoms with van der Waals surface area (Å²) in [6.07, 6.45) is 4.99. The minimum Gasteiger partial charge on any atom is -0.480 e. The Hall–Kier alpha value is -1.85. The fraction of sp³-hybridized carbons (Fsp3) is 0.583. The van der Waals surface area contributed by atoms with Gasteiger partial charge in [0.1, 0.15) is 5.54 Å². The number of rotatable bonds is 4. The smallest absolute Gasteiger partial charge is 0.329 e. The summed E-state index contributed by atoms with van der Waals surface area (Å²) in [5, 5.41) is 13.2. The van der Waals surface area contributed by atoms with Crippen LogP contribution in [-0.2, 0) is 16.1 Å². The van der Waals surface area contributed by atoms with Crippen LogP contribution in [0.1, 0.15) is 26.2 Å². The predicted molar refractivity (Wildman–Crippen MR) is 63.8 cm³/mol. The zero-order valence-electron chi connectivity index (χ0n) is 10.4. The summed E-state index contributed by atoms with van der Waals surface area (Å²) in [6.45, 7) is 2.63. The molecule has 0 saturated carbocycles. The van der Waals surface area contributed by atoms with Gasteiger partial charge in [-0.1, -0.05) is 0 Å². The number of nitrogens with zero attached hydrogens (tertiary/aromatic N) is 3. The Morgan fingerprint density at radius 1 is 1.50 bits per heavy atom. The van der Waals surface area contributed by atoms with Crippen LogP contribution in [0, 0.1) is 0 Å². The maximum atomic E-state index is 12.1. The molecule has 2 rings (SSSR count). The summed E-state index contributed by atoms with van der Waals surface area (Å²) in [5.41, 5.74) is -1.04. The van der Waals surface area contributed by atoms with Crippen molar-refractivity contribution in [2.75, 3.05) is 6.54 Å². The van der Waals surface area contributed by atoms with Gasteiger partial charge in [0.15, 0.2) is 0 Å². The lowest BCUT2D eigenvalue weighted by Gasteiger charge is -2.31. The maximum Gasteiger partial charge on any atom is 0.329 e. The van der Waals surface area contributed by atoms with Crippen LogP contribution in [0.3, 0.4) is 0 Å². The first-order valence-electron chi connectivity index (χ1n) is 6.05. The average Bonchev–Trinajstić information content (AvgIpc) is 2.95. The number of carboxylic acids is 1. The maximum absolute atomic E-state index is 12.1. The monoisotopic (exact) mass is 251 g/mol. The summed E-state index contributed by atoms with van der Waals surface area (Å²) < 4.78 is 1.67. The van der Waals surface area contributed by atoms with Crippen molar-refractivity contribution >= 4 is 11.9 Å². The Bertz CT molecular complexity index is 443. The van der Waals surface area contributed by atoms with Crippen LogP contribution in [0.15, 0.2) is 18.5 Å². The van der Waals surface area contributed by atoms with E-state index in [0.29, 0.717) is 19.5 Å². The van der Waals surface area contributed by atoms with Gasteiger partial charge in [-0.25, -0.2) is 4.79 Å². The molecule has 6 heteroatoms. The van der Waals surface area contributed by atoms with Crippen LogP contribution in [-0.4, -0.2) is 43.7 Å². The van der Waals surface area contributed by atoms with Gasteiger partial charge in [0.05, 0.1) is 0 Å². The van der Waals surface area contributed by atoms with Crippen molar-refractivity contribution in [1.29, 1.82) is 0 Å². The number of aliphatic carboxylic acids is 1. The fourth-order valence-corrected chi connectivity index (χ4v) is 2.36. The SMILES string of the molecule is CC1(C(=O)O)CCCN1C(=O)CCn1cccn1. The molecule has 2 heterocycles. The molecule has 0 spiro atoms. The van der Waals surface area contributed by atoms with E-state index in [-0.39, 0.29) is 12.3 Å². The van der Waals surface area contributed by atoms with Crippen molar-refractivity contribution in [3.63, 3.8) is 0 Å². The lowest BCUT2D eigenvalue weighted by Crippen LogP contribution is -2.50. The molecule has 1 aromatic heterocycles. The lowest BCUT2D eigenvalue weighted by molar-refractivity contribution is -0.155. The number of amides is 1. The van der Waals surface area contributed by atoms with E-state index < -0.39 is 11.5 Å². The third-order valence-electron chi connectivity index (χ3n) is 3.52. The van der Waals surface area contributed by atoms with E-state index in [9.17, 15) is 14.7 Å². The Kier molecular flexibility index (Phi) is 3.36. The van der Waals surface area contributed by atoms with Crippen LogP contribution >= 0.6 is 0 Å². The Morgan fingerprint density at radius 3 is 2.89 bits per heavy atom. The van der Waals surface area contributed by atoms with Gasteiger partial charge in [-0.15, -0.1) is 0 Å². The molecule has 1 fully saturated rings. The van der Waals surface area contributed by atoms with E-state index >= 15 is 0 Å². The van der Waals surface area contributed by atoms with Gasteiger partial charge >= 0.3 is 5.97 Å². The number of carboxylic acid groups (broad SMARTS) is 1. The van der Waals surface area contributed by atoms with E-state index in [2.05, 4.69) is 5.10 Å². The second-order valence-electron chi connectivity index (χ2n) is 4.75. The van der Waals surface area contributed by atoms with E-state index in [1.54, 1.807) is 30.1 Å². The highest BCUT2D eigenvalue weighted by Crippen LogP contribution is 2.29. The quantitative estimate of drug-likeness (QED) is 0.856. The summed E-state index contributed by atoms with van der Waals surface area (Å²) in [4.78, 5) is 24.8. The number of hydrogen-bond donors (Lipinski definition) is 1. The number of aromatic nitrogens is 2. The van der Waals surface area contributed by atoms with Gasteiger partial charge in [0, 0.05) is 31.9 Å². The van der Waals surface area contributed by atoms with Gasteiger partial charge in [-0.3, -0.25) is 9.48 Å². The number of hydrogen-bond acceptors (Lipinski definition) is 3. The third kappa shape index (κ3) is 2.23. The standard InChI is InChI=1S/C12H17N3O3/c1-12(11(17)18)5-2-8-15(12)10(16)4-9-14-7-3-6-13-14/h3,6-7H,2,4-5,8-9H2,1H3,(H,17,18). The molecular weight excluding hydrogens is 234 g/mol. The molecular formula is C12H17N3O3. The van der Waals surface area contributed by atoms with Crippen molar-refractivity contribution in [1.82, 2.24) is 14.7 Å². The molecule has 1 atom stereocenters. The highest BCUT2D eigenvalue weighted by Gasteiger charge is 2.45. The van der Waals surface area contributed by atoms with Gasteiger partial charge in [0.25, 0.3) is 0 Å². The van der Waals surface area contributed by atoms with Gasteiger partial charge < -0.3 is 10.0 Å². The summed E-state index contributed by atoms with van der Waals surface area (Å²) >= 11 is 0. The molecule has 1 aliphatic heterocycles. The van der Waals surface area contributed by atoms with Gasteiger partial charge in [0.2, 0.25) is 5.91 Å². The number of likely N-dealkylation sites (tertiary alicyclic amines) is 1. The minimum atomic E-state index is -1.04. The van der Waals surface area contributed by atoms with Crippen molar-refractivity contribution in [2.45, 2.75) is 38.3 Å². The van der Waals surface area contributed by atoms with E-state index in [1.165, 1.54) is 4.90 Å². The Labute approximate surface area is 105 Å². The molecule has 1 aromatic rings. The van der Waals surface area contributed by atoms with E-state index in [0.717, 1.165) is 6.42 Å². The van der Waals surface area contributed by atoms with E-state index in [4.69, 9.17) is 0 Å². The summed E-state index contributed by atoms with van der Waals surface area (Å²) in [5.74, 6) is -1.04. The first-order chi connectivity index (χ1) is 8.54. The van der Waals surface area contributed by atoms with Gasteiger partial charge in [-0.2, -0.15) is 5.10 Å². The van der Waals surface area contributed by atoms with Crippen LogP contribution in [0.25, 0.3) is 0 Å². The largest absolute Gasteiger partial charge is 0.480 e. The molecule has 1 aliphatic rings. The van der Waals surface area contributed by atoms with Crippen LogP contribution in [0.5, 0.6) is 0 Å². The third-order valence-corrected chi connectivity index (χ3v) is 3.52. The average molecular weight is 251 g/mol. The molecule has 18 heavy (non-hydrogen) atoms. The molecule has 1 N–H and O–H groups in total. The van der Waals surface area contributed by atoms with Crippen molar-refractivity contribution in [3.05, 3.63) is 18.5 Å². The topological polar surface area (TPSA) is 75.4 Å². The molecule has 6 nitrogen and oxygen atoms in total. The molecule has 1 amide bonds. The highest BCUT2D eigenvalue weighted by molar-refractivity contribution is 5.87. The normalized spacial score (nSPS) is 23.3. The molecule has 0 radical (unpaired) electrons. The zero-order valence-corrected chi connectivity index (χ0v) is 10.4. The molecule has 0 aliphatic carbocycles.